The molecule has 3 aromatic rings. The first-order chi connectivity index (χ1) is 10.9. The van der Waals surface area contributed by atoms with Crippen LogP contribution in [0.25, 0.3) is 22.2 Å². The van der Waals surface area contributed by atoms with Crippen molar-refractivity contribution in [1.82, 2.24) is 4.98 Å². The Hall–Kier alpha value is -2.55. The maximum Gasteiger partial charge on any atom is 0.307 e. The van der Waals surface area contributed by atoms with Crippen molar-refractivity contribution in [3.05, 3.63) is 58.1 Å². The van der Waals surface area contributed by atoms with Crippen LogP contribution >= 0.6 is 0 Å². The third kappa shape index (κ3) is 2.74. The zero-order chi connectivity index (χ0) is 16.7. The number of hydrogen-bond donors (Lipinski definition) is 2. The highest BCUT2D eigenvalue weighted by Gasteiger charge is 2.18. The number of aromatic amines is 1. The second kappa shape index (κ2) is 5.58. The Morgan fingerprint density at radius 1 is 1.00 bits per heavy atom. The van der Waals surface area contributed by atoms with Gasteiger partial charge in [-0.1, -0.05) is 29.8 Å². The van der Waals surface area contributed by atoms with Crippen LogP contribution in [0.4, 0.5) is 0 Å². The highest BCUT2D eigenvalue weighted by Crippen LogP contribution is 2.35. The van der Waals surface area contributed by atoms with Gasteiger partial charge in [0.2, 0.25) is 0 Å². The topological polar surface area (TPSA) is 53.1 Å². The summed E-state index contributed by atoms with van der Waals surface area (Å²) < 4.78 is 0. The second-order valence-electron chi connectivity index (χ2n) is 6.37. The molecule has 0 fully saturated rings. The standard InChI is InChI=1S/C20H21NO2/c1-11-5-6-15(13(3)7-11)20-16(10-18(22)23)19-14(4)8-12(2)9-17(19)21-20/h5-9,21H,10H2,1-4H3,(H,22,23). The lowest BCUT2D eigenvalue weighted by Gasteiger charge is -2.08. The van der Waals surface area contributed by atoms with Gasteiger partial charge in [-0.05, 0) is 56.0 Å². The van der Waals surface area contributed by atoms with E-state index >= 15 is 0 Å². The molecule has 0 saturated heterocycles. The molecule has 0 amide bonds. The predicted molar refractivity (Wildman–Crippen MR) is 94.0 cm³/mol. The molecule has 118 valence electrons. The van der Waals surface area contributed by atoms with E-state index in [1.807, 2.05) is 6.92 Å². The Bertz CT molecular complexity index is 919. The van der Waals surface area contributed by atoms with Crippen molar-refractivity contribution in [2.45, 2.75) is 34.1 Å². The number of fused-ring (bicyclic) bond motifs is 1. The van der Waals surface area contributed by atoms with Crippen molar-refractivity contribution in [3.63, 3.8) is 0 Å². The summed E-state index contributed by atoms with van der Waals surface area (Å²) in [6.45, 7) is 8.23. The molecule has 0 saturated carbocycles. The van der Waals surface area contributed by atoms with Gasteiger partial charge < -0.3 is 10.1 Å². The first kappa shape index (κ1) is 15.3. The highest BCUT2D eigenvalue weighted by atomic mass is 16.4. The van der Waals surface area contributed by atoms with E-state index in [1.165, 1.54) is 11.1 Å². The van der Waals surface area contributed by atoms with Crippen LogP contribution in [0.5, 0.6) is 0 Å². The number of aromatic nitrogens is 1. The first-order valence-electron chi connectivity index (χ1n) is 7.78. The smallest absolute Gasteiger partial charge is 0.307 e. The summed E-state index contributed by atoms with van der Waals surface area (Å²) >= 11 is 0. The molecular weight excluding hydrogens is 286 g/mol. The fourth-order valence-corrected chi connectivity index (χ4v) is 3.45. The molecule has 2 N–H and O–H groups in total. The molecule has 1 heterocycles. The van der Waals surface area contributed by atoms with E-state index in [4.69, 9.17) is 0 Å². The van der Waals surface area contributed by atoms with Gasteiger partial charge in [0.05, 0.1) is 12.1 Å². The molecule has 2 aromatic carbocycles. The largest absolute Gasteiger partial charge is 0.481 e. The number of carboxylic acid groups (broad SMARTS) is 1. The van der Waals surface area contributed by atoms with Crippen molar-refractivity contribution >= 4 is 16.9 Å². The molecule has 0 aliphatic heterocycles. The Morgan fingerprint density at radius 3 is 2.35 bits per heavy atom. The van der Waals surface area contributed by atoms with Crippen LogP contribution in [-0.2, 0) is 11.2 Å². The molecule has 3 heteroatoms. The summed E-state index contributed by atoms with van der Waals surface area (Å²) in [5.74, 6) is -0.808. The van der Waals surface area contributed by atoms with Gasteiger partial charge in [0.1, 0.15) is 0 Å². The van der Waals surface area contributed by atoms with Gasteiger partial charge in [0.15, 0.2) is 0 Å². The third-order valence-corrected chi connectivity index (χ3v) is 4.32. The maximum atomic E-state index is 11.4. The number of aliphatic carboxylic acids is 1. The highest BCUT2D eigenvalue weighted by molar-refractivity contribution is 5.96. The normalized spacial score (nSPS) is 11.1. The van der Waals surface area contributed by atoms with Crippen LogP contribution in [-0.4, -0.2) is 16.1 Å². The number of hydrogen-bond acceptors (Lipinski definition) is 1. The fourth-order valence-electron chi connectivity index (χ4n) is 3.45. The molecule has 0 atom stereocenters. The van der Waals surface area contributed by atoms with E-state index in [0.29, 0.717) is 0 Å². The zero-order valence-corrected chi connectivity index (χ0v) is 13.9. The van der Waals surface area contributed by atoms with Crippen molar-refractivity contribution in [3.8, 4) is 11.3 Å². The fraction of sp³-hybridized carbons (Fsp3) is 0.250. The Balaban J connectivity index is 2.35. The number of carbonyl (C=O) groups is 1. The van der Waals surface area contributed by atoms with Crippen molar-refractivity contribution in [2.24, 2.45) is 0 Å². The average Bonchev–Trinajstić information content (AvgIpc) is 2.76. The summed E-state index contributed by atoms with van der Waals surface area (Å²) in [6.07, 6.45) is 0.0204. The Labute approximate surface area is 136 Å². The number of carboxylic acids is 1. The van der Waals surface area contributed by atoms with Gasteiger partial charge >= 0.3 is 5.97 Å². The van der Waals surface area contributed by atoms with Gasteiger partial charge in [-0.3, -0.25) is 4.79 Å². The third-order valence-electron chi connectivity index (χ3n) is 4.32. The lowest BCUT2D eigenvalue weighted by Crippen LogP contribution is -2.02. The quantitative estimate of drug-likeness (QED) is 0.737. The summed E-state index contributed by atoms with van der Waals surface area (Å²) in [5, 5.41) is 10.4. The van der Waals surface area contributed by atoms with Crippen LogP contribution in [0.2, 0.25) is 0 Å². The summed E-state index contributed by atoms with van der Waals surface area (Å²) in [7, 11) is 0. The molecule has 0 spiro atoms. The number of aryl methyl sites for hydroxylation is 4. The van der Waals surface area contributed by atoms with E-state index in [9.17, 15) is 9.90 Å². The number of H-pyrrole nitrogens is 1. The SMILES string of the molecule is Cc1ccc(-c2[nH]c3cc(C)cc(C)c3c2CC(=O)O)c(C)c1. The lowest BCUT2D eigenvalue weighted by atomic mass is 9.96. The molecule has 0 unspecified atom stereocenters. The van der Waals surface area contributed by atoms with Gasteiger partial charge in [-0.2, -0.15) is 0 Å². The van der Waals surface area contributed by atoms with Crippen molar-refractivity contribution in [2.75, 3.05) is 0 Å². The van der Waals surface area contributed by atoms with E-state index < -0.39 is 5.97 Å². The molecule has 1 aromatic heterocycles. The van der Waals surface area contributed by atoms with Crippen LogP contribution in [0.3, 0.4) is 0 Å². The van der Waals surface area contributed by atoms with Gasteiger partial charge in [0.25, 0.3) is 0 Å². The molecule has 0 aliphatic carbocycles. The Morgan fingerprint density at radius 2 is 1.70 bits per heavy atom. The molecule has 3 rings (SSSR count). The van der Waals surface area contributed by atoms with Crippen LogP contribution in [0, 0.1) is 27.7 Å². The summed E-state index contributed by atoms with van der Waals surface area (Å²) in [6, 6.07) is 10.5. The lowest BCUT2D eigenvalue weighted by molar-refractivity contribution is -0.136. The summed E-state index contributed by atoms with van der Waals surface area (Å²) in [4.78, 5) is 14.9. The number of rotatable bonds is 3. The zero-order valence-electron chi connectivity index (χ0n) is 13.9. The predicted octanol–water partition coefficient (Wildman–Crippen LogP) is 4.70. The molecular formula is C20H21NO2. The first-order valence-corrected chi connectivity index (χ1v) is 7.78. The molecule has 3 nitrogen and oxygen atoms in total. The van der Waals surface area contributed by atoms with Crippen LogP contribution in [0.1, 0.15) is 27.8 Å². The minimum Gasteiger partial charge on any atom is -0.481 e. The van der Waals surface area contributed by atoms with Gasteiger partial charge in [-0.15, -0.1) is 0 Å². The van der Waals surface area contributed by atoms with E-state index in [1.54, 1.807) is 0 Å². The second-order valence-corrected chi connectivity index (χ2v) is 6.37. The van der Waals surface area contributed by atoms with E-state index in [0.717, 1.165) is 38.9 Å². The van der Waals surface area contributed by atoms with Crippen LogP contribution < -0.4 is 0 Å². The van der Waals surface area contributed by atoms with E-state index in [2.05, 4.69) is 56.1 Å². The maximum absolute atomic E-state index is 11.4. The van der Waals surface area contributed by atoms with Gasteiger partial charge in [0, 0.05) is 16.5 Å². The minimum absolute atomic E-state index is 0.0204. The molecule has 0 aliphatic rings. The van der Waals surface area contributed by atoms with Crippen molar-refractivity contribution < 1.29 is 9.90 Å². The minimum atomic E-state index is -0.808. The van der Waals surface area contributed by atoms with E-state index in [-0.39, 0.29) is 6.42 Å². The summed E-state index contributed by atoms with van der Waals surface area (Å²) in [5.41, 5.74) is 8.51. The van der Waals surface area contributed by atoms with Gasteiger partial charge in [-0.25, -0.2) is 0 Å². The Kier molecular flexibility index (Phi) is 3.72. The number of nitrogens with one attached hydrogen (secondary N) is 1. The molecule has 23 heavy (non-hydrogen) atoms. The van der Waals surface area contributed by atoms with Crippen molar-refractivity contribution in [1.29, 1.82) is 0 Å². The van der Waals surface area contributed by atoms with Crippen LogP contribution in [0.15, 0.2) is 30.3 Å². The monoisotopic (exact) mass is 307 g/mol. The molecule has 0 radical (unpaired) electrons. The molecule has 0 bridgehead atoms. The average molecular weight is 307 g/mol. The number of benzene rings is 2.